The topological polar surface area (TPSA) is 73.9 Å². The molecule has 0 heterocycles. The third-order valence-corrected chi connectivity index (χ3v) is 4.36. The van der Waals surface area contributed by atoms with E-state index in [4.69, 9.17) is 25.8 Å². The van der Waals surface area contributed by atoms with Crippen molar-refractivity contribution in [3.8, 4) is 11.5 Å². The molecule has 1 N–H and O–H groups in total. The van der Waals surface area contributed by atoms with Crippen molar-refractivity contribution in [2.75, 3.05) is 25.1 Å². The summed E-state index contributed by atoms with van der Waals surface area (Å²) in [5.74, 6) is -0.346. The number of anilines is 1. The van der Waals surface area contributed by atoms with E-state index in [1.165, 1.54) is 12.1 Å². The molecule has 1 amide bonds. The van der Waals surface area contributed by atoms with Gasteiger partial charge >= 0.3 is 5.97 Å². The summed E-state index contributed by atoms with van der Waals surface area (Å²) in [6.07, 6.45) is 0.807. The number of rotatable bonds is 9. The number of carbonyl (C=O) groups is 2. The first-order chi connectivity index (χ1) is 13.9. The average molecular weight is 420 g/mol. The molecule has 2 rings (SSSR count). The number of amides is 1. The summed E-state index contributed by atoms with van der Waals surface area (Å²) in [5.41, 5.74) is 2.76. The van der Waals surface area contributed by atoms with Crippen LogP contribution in [0.1, 0.15) is 41.8 Å². The molecule has 0 bridgehead atoms. The van der Waals surface area contributed by atoms with Gasteiger partial charge in [0.25, 0.3) is 5.91 Å². The van der Waals surface area contributed by atoms with Gasteiger partial charge in [-0.25, -0.2) is 4.79 Å². The van der Waals surface area contributed by atoms with Crippen molar-refractivity contribution >= 4 is 29.2 Å². The molecule has 0 spiro atoms. The molecule has 0 aliphatic heterocycles. The fourth-order valence-corrected chi connectivity index (χ4v) is 2.96. The minimum atomic E-state index is -0.674. The van der Waals surface area contributed by atoms with Gasteiger partial charge in [0.2, 0.25) is 0 Å². The van der Waals surface area contributed by atoms with E-state index >= 15 is 0 Å². The molecule has 2 aromatic carbocycles. The Morgan fingerprint density at radius 3 is 2.38 bits per heavy atom. The maximum Gasteiger partial charge on any atom is 0.338 e. The van der Waals surface area contributed by atoms with E-state index < -0.39 is 18.5 Å². The number of para-hydroxylation sites is 1. The monoisotopic (exact) mass is 419 g/mol. The van der Waals surface area contributed by atoms with Crippen LogP contribution in [0, 0.1) is 13.8 Å². The van der Waals surface area contributed by atoms with Crippen LogP contribution in [-0.4, -0.2) is 31.7 Å². The summed E-state index contributed by atoms with van der Waals surface area (Å²) in [7, 11) is 0. The highest BCUT2D eigenvalue weighted by atomic mass is 35.5. The van der Waals surface area contributed by atoms with E-state index in [0.717, 1.165) is 17.5 Å². The summed E-state index contributed by atoms with van der Waals surface area (Å²) in [5, 5.41) is 3.02. The predicted molar refractivity (Wildman–Crippen MR) is 113 cm³/mol. The van der Waals surface area contributed by atoms with E-state index in [1.807, 2.05) is 45.9 Å². The number of hydrogen-bond donors (Lipinski definition) is 1. The normalized spacial score (nSPS) is 10.4. The quantitative estimate of drug-likeness (QED) is 0.583. The zero-order chi connectivity index (χ0) is 21.4. The Labute approximate surface area is 176 Å². The van der Waals surface area contributed by atoms with Crippen LogP contribution >= 0.6 is 11.6 Å². The average Bonchev–Trinajstić information content (AvgIpc) is 2.68. The second kappa shape index (κ2) is 10.7. The number of hydrogen-bond acceptors (Lipinski definition) is 5. The van der Waals surface area contributed by atoms with E-state index in [9.17, 15) is 9.59 Å². The van der Waals surface area contributed by atoms with Crippen molar-refractivity contribution < 1.29 is 23.8 Å². The molecule has 2 aromatic rings. The van der Waals surface area contributed by atoms with Crippen molar-refractivity contribution in [1.82, 2.24) is 0 Å². The molecule has 0 aromatic heterocycles. The van der Waals surface area contributed by atoms with Gasteiger partial charge in [-0.3, -0.25) is 4.79 Å². The minimum Gasteiger partial charge on any atom is -0.490 e. The van der Waals surface area contributed by atoms with Crippen LogP contribution in [0.2, 0.25) is 5.02 Å². The number of carbonyl (C=O) groups excluding carboxylic acids is 2. The van der Waals surface area contributed by atoms with Crippen LogP contribution in [0.5, 0.6) is 11.5 Å². The first-order valence-corrected chi connectivity index (χ1v) is 9.87. The van der Waals surface area contributed by atoms with Gasteiger partial charge in [0, 0.05) is 5.69 Å². The Morgan fingerprint density at radius 1 is 1.07 bits per heavy atom. The van der Waals surface area contributed by atoms with Crippen LogP contribution in [0.3, 0.4) is 0 Å². The molecule has 0 aliphatic carbocycles. The summed E-state index contributed by atoms with van der Waals surface area (Å²) >= 11 is 6.26. The lowest BCUT2D eigenvalue weighted by molar-refractivity contribution is -0.119. The number of halogens is 1. The van der Waals surface area contributed by atoms with Gasteiger partial charge in [0.1, 0.15) is 0 Å². The van der Waals surface area contributed by atoms with Crippen LogP contribution in [0.4, 0.5) is 5.69 Å². The van der Waals surface area contributed by atoms with Crippen LogP contribution in [-0.2, 0) is 9.53 Å². The molecule has 156 valence electrons. The first-order valence-electron chi connectivity index (χ1n) is 9.49. The molecule has 0 fully saturated rings. The van der Waals surface area contributed by atoms with Crippen molar-refractivity contribution in [2.45, 2.75) is 34.1 Å². The van der Waals surface area contributed by atoms with Gasteiger partial charge in [0.05, 0.1) is 23.8 Å². The maximum atomic E-state index is 12.4. The predicted octanol–water partition coefficient (Wildman–Crippen LogP) is 4.94. The van der Waals surface area contributed by atoms with Gasteiger partial charge in [-0.05, 0) is 50.5 Å². The summed E-state index contributed by atoms with van der Waals surface area (Å²) < 4.78 is 16.3. The molecule has 0 unspecified atom stereocenters. The van der Waals surface area contributed by atoms with Gasteiger partial charge < -0.3 is 19.5 Å². The van der Waals surface area contributed by atoms with Crippen molar-refractivity contribution in [3.63, 3.8) is 0 Å². The Kier molecular flexibility index (Phi) is 8.34. The molecule has 7 heteroatoms. The Bertz CT molecular complexity index is 861. The summed E-state index contributed by atoms with van der Waals surface area (Å²) in [4.78, 5) is 24.6. The highest BCUT2D eigenvalue weighted by Gasteiger charge is 2.18. The van der Waals surface area contributed by atoms with Crippen molar-refractivity contribution in [3.05, 3.63) is 52.0 Å². The molecule has 0 saturated heterocycles. The molecule has 6 nitrogen and oxygen atoms in total. The fraction of sp³-hybridized carbons (Fsp3) is 0.364. The lowest BCUT2D eigenvalue weighted by Gasteiger charge is -2.15. The molecule has 0 atom stereocenters. The van der Waals surface area contributed by atoms with Gasteiger partial charge in [-0.15, -0.1) is 0 Å². The molecular weight excluding hydrogens is 394 g/mol. The van der Waals surface area contributed by atoms with E-state index in [2.05, 4.69) is 5.32 Å². The number of ether oxygens (including phenoxy) is 3. The van der Waals surface area contributed by atoms with Crippen LogP contribution < -0.4 is 14.8 Å². The molecule has 29 heavy (non-hydrogen) atoms. The molecule has 0 radical (unpaired) electrons. The zero-order valence-electron chi connectivity index (χ0n) is 17.1. The number of esters is 1. The standard InChI is InChI=1S/C22H26ClNO5/c1-5-10-28-21-17(23)11-16(12-18(21)27-6-2)22(26)29-13-19(25)24-20-14(3)8-7-9-15(20)4/h7-9,11-12H,5-6,10,13H2,1-4H3,(H,24,25). The second-order valence-corrected chi connectivity index (χ2v) is 6.87. The lowest BCUT2D eigenvalue weighted by Crippen LogP contribution is -2.22. The van der Waals surface area contributed by atoms with Gasteiger partial charge in [-0.2, -0.15) is 0 Å². The fourth-order valence-electron chi connectivity index (χ4n) is 2.69. The molecule has 0 saturated carbocycles. The van der Waals surface area contributed by atoms with Gasteiger partial charge in [-0.1, -0.05) is 36.7 Å². The largest absolute Gasteiger partial charge is 0.490 e. The lowest BCUT2D eigenvalue weighted by atomic mass is 10.1. The zero-order valence-corrected chi connectivity index (χ0v) is 17.9. The third-order valence-electron chi connectivity index (χ3n) is 4.08. The van der Waals surface area contributed by atoms with E-state index in [0.29, 0.717) is 30.4 Å². The Morgan fingerprint density at radius 2 is 1.76 bits per heavy atom. The second-order valence-electron chi connectivity index (χ2n) is 6.46. The Balaban J connectivity index is 2.07. The van der Waals surface area contributed by atoms with Crippen molar-refractivity contribution in [2.24, 2.45) is 0 Å². The first kappa shape index (κ1) is 22.6. The van der Waals surface area contributed by atoms with Crippen LogP contribution in [0.25, 0.3) is 0 Å². The molecule has 0 aliphatic rings. The minimum absolute atomic E-state index is 0.183. The summed E-state index contributed by atoms with van der Waals surface area (Å²) in [6.45, 7) is 8.03. The summed E-state index contributed by atoms with van der Waals surface area (Å²) in [6, 6.07) is 8.66. The SMILES string of the molecule is CCCOc1c(Cl)cc(C(=O)OCC(=O)Nc2c(C)cccc2C)cc1OCC. The smallest absolute Gasteiger partial charge is 0.338 e. The highest BCUT2D eigenvalue weighted by molar-refractivity contribution is 6.32. The van der Waals surface area contributed by atoms with E-state index in [1.54, 1.807) is 0 Å². The number of benzene rings is 2. The van der Waals surface area contributed by atoms with Crippen LogP contribution in [0.15, 0.2) is 30.3 Å². The maximum absolute atomic E-state index is 12.4. The highest BCUT2D eigenvalue weighted by Crippen LogP contribution is 2.37. The third kappa shape index (κ3) is 6.12. The van der Waals surface area contributed by atoms with E-state index in [-0.39, 0.29) is 10.6 Å². The number of aryl methyl sites for hydroxylation is 2. The van der Waals surface area contributed by atoms with Crippen molar-refractivity contribution in [1.29, 1.82) is 0 Å². The molecular formula is C22H26ClNO5. The number of nitrogens with one attached hydrogen (secondary N) is 1. The Hall–Kier alpha value is -2.73. The van der Waals surface area contributed by atoms with Gasteiger partial charge in [0.15, 0.2) is 18.1 Å².